The lowest BCUT2D eigenvalue weighted by molar-refractivity contribution is -0.139. The smallest absolute Gasteiger partial charge is 0.345 e. The summed E-state index contributed by atoms with van der Waals surface area (Å²) in [5.74, 6) is -1.09. The van der Waals surface area contributed by atoms with Crippen molar-refractivity contribution in [1.29, 1.82) is 0 Å². The van der Waals surface area contributed by atoms with Gasteiger partial charge in [-0.15, -0.1) is 0 Å². The summed E-state index contributed by atoms with van der Waals surface area (Å²) in [6, 6.07) is 8.99. The van der Waals surface area contributed by atoms with Gasteiger partial charge < -0.3 is 14.5 Å². The first-order valence-corrected chi connectivity index (χ1v) is 9.72. The molecule has 0 spiro atoms. The lowest BCUT2D eigenvalue weighted by Crippen LogP contribution is -2.23. The van der Waals surface area contributed by atoms with Gasteiger partial charge in [0.2, 0.25) is 0 Å². The molecule has 0 unspecified atom stereocenters. The van der Waals surface area contributed by atoms with Gasteiger partial charge in [0.25, 0.3) is 5.56 Å². The van der Waals surface area contributed by atoms with E-state index >= 15 is 0 Å². The third kappa shape index (κ3) is 6.83. The zero-order chi connectivity index (χ0) is 21.2. The number of hydrogen-bond donors (Lipinski definition) is 2. The summed E-state index contributed by atoms with van der Waals surface area (Å²) >= 11 is 5.02. The third-order valence-electron chi connectivity index (χ3n) is 4.06. The minimum absolute atomic E-state index is 0.100. The highest BCUT2D eigenvalue weighted by Gasteiger charge is 2.19. The maximum Gasteiger partial charge on any atom is 0.345 e. The Morgan fingerprint density at radius 3 is 2.24 bits per heavy atom. The van der Waals surface area contributed by atoms with Crippen LogP contribution in [0.2, 0.25) is 0 Å². The molecule has 7 nitrogen and oxygen atoms in total. The summed E-state index contributed by atoms with van der Waals surface area (Å²) in [5.41, 5.74) is 0.696. The number of esters is 2. The van der Waals surface area contributed by atoms with Gasteiger partial charge >= 0.3 is 11.9 Å². The highest BCUT2D eigenvalue weighted by Crippen LogP contribution is 2.19. The van der Waals surface area contributed by atoms with E-state index in [2.05, 4.69) is 16.5 Å². The van der Waals surface area contributed by atoms with Crippen molar-refractivity contribution in [2.24, 2.45) is 0 Å². The van der Waals surface area contributed by atoms with Crippen molar-refractivity contribution in [3.8, 4) is 11.3 Å². The number of carbonyl (C=O) groups is 2. The predicted octanol–water partition coefficient (Wildman–Crippen LogP) is 3.94. The molecule has 0 aliphatic heterocycles. The normalized spacial score (nSPS) is 10.4. The van der Waals surface area contributed by atoms with Gasteiger partial charge in [0.05, 0.1) is 18.9 Å². The Morgan fingerprint density at radius 2 is 1.62 bits per heavy atom. The van der Waals surface area contributed by atoms with Crippen molar-refractivity contribution in [3.05, 3.63) is 63.2 Å². The van der Waals surface area contributed by atoms with E-state index in [1.807, 2.05) is 6.07 Å². The highest BCUT2D eigenvalue weighted by atomic mass is 32.1. The maximum atomic E-state index is 12.5. The Bertz CT molecular complexity index is 979. The van der Waals surface area contributed by atoms with E-state index < -0.39 is 11.5 Å². The minimum Gasteiger partial charge on any atom is -0.462 e. The summed E-state index contributed by atoms with van der Waals surface area (Å²) in [4.78, 5) is 41.3. The SMILES string of the molecule is C=C(C)C(=O)OCCCCCCOC(=O)c1c(-c2ccccc2)[nH]c(=S)[nH]c1=O. The van der Waals surface area contributed by atoms with Gasteiger partial charge in [0.1, 0.15) is 5.56 Å². The first-order valence-electron chi connectivity index (χ1n) is 9.32. The molecule has 1 aromatic carbocycles. The van der Waals surface area contributed by atoms with Crippen LogP contribution in [-0.4, -0.2) is 35.1 Å². The van der Waals surface area contributed by atoms with E-state index in [4.69, 9.17) is 21.7 Å². The number of carbonyl (C=O) groups excluding carboxylic acids is 2. The second kappa shape index (κ2) is 11.1. The van der Waals surface area contributed by atoms with Crippen molar-refractivity contribution in [1.82, 2.24) is 9.97 Å². The molecule has 0 amide bonds. The van der Waals surface area contributed by atoms with Crippen molar-refractivity contribution >= 4 is 24.2 Å². The number of H-pyrrole nitrogens is 2. The van der Waals surface area contributed by atoms with Crippen LogP contribution >= 0.6 is 12.2 Å². The molecule has 0 atom stereocenters. The van der Waals surface area contributed by atoms with Crippen LogP contribution in [0.3, 0.4) is 0 Å². The Labute approximate surface area is 173 Å². The molecule has 2 N–H and O–H groups in total. The fourth-order valence-electron chi connectivity index (χ4n) is 2.59. The average Bonchev–Trinajstić information content (AvgIpc) is 2.69. The van der Waals surface area contributed by atoms with Crippen LogP contribution < -0.4 is 5.56 Å². The van der Waals surface area contributed by atoms with E-state index in [-0.39, 0.29) is 22.9 Å². The quantitative estimate of drug-likeness (QED) is 0.263. The summed E-state index contributed by atoms with van der Waals surface area (Å²) in [5, 5.41) is 0. The zero-order valence-corrected chi connectivity index (χ0v) is 17.1. The van der Waals surface area contributed by atoms with Crippen LogP contribution in [0, 0.1) is 4.77 Å². The molecule has 0 fully saturated rings. The van der Waals surface area contributed by atoms with Gasteiger partial charge in [-0.1, -0.05) is 36.9 Å². The summed E-state index contributed by atoms with van der Waals surface area (Å²) in [7, 11) is 0. The molecule has 1 aromatic heterocycles. The standard InChI is InChI=1S/C21H24N2O5S/c1-14(2)19(25)27-12-8-3-4-9-13-28-20(26)16-17(15-10-6-5-7-11-15)22-21(29)23-18(16)24/h5-7,10-11H,1,3-4,8-9,12-13H2,2H3,(H2,22,23,24,29). The number of hydrogen-bond acceptors (Lipinski definition) is 6. The molecule has 2 aromatic rings. The first-order chi connectivity index (χ1) is 13.9. The summed E-state index contributed by atoms with van der Waals surface area (Å²) in [6.07, 6.45) is 2.99. The van der Waals surface area contributed by atoms with Crippen LogP contribution in [0.4, 0.5) is 0 Å². The van der Waals surface area contributed by atoms with Crippen molar-refractivity contribution < 1.29 is 19.1 Å². The van der Waals surface area contributed by atoms with Crippen LogP contribution in [0.1, 0.15) is 43.0 Å². The van der Waals surface area contributed by atoms with Crippen LogP contribution in [0.5, 0.6) is 0 Å². The van der Waals surface area contributed by atoms with Crippen molar-refractivity contribution in [3.63, 3.8) is 0 Å². The molecule has 0 radical (unpaired) electrons. The van der Waals surface area contributed by atoms with Crippen LogP contribution in [0.25, 0.3) is 11.3 Å². The predicted molar refractivity (Wildman–Crippen MR) is 112 cm³/mol. The van der Waals surface area contributed by atoms with E-state index in [9.17, 15) is 14.4 Å². The fraction of sp³-hybridized carbons (Fsp3) is 0.333. The second-order valence-corrected chi connectivity index (χ2v) is 6.90. The number of ether oxygens (including phenoxy) is 2. The molecular weight excluding hydrogens is 392 g/mol. The van der Waals surface area contributed by atoms with Crippen LogP contribution in [0.15, 0.2) is 47.3 Å². The van der Waals surface area contributed by atoms with Gasteiger partial charge in [-0.3, -0.25) is 9.78 Å². The number of aromatic nitrogens is 2. The topological polar surface area (TPSA) is 101 Å². The Hall–Kier alpha value is -3.00. The Balaban J connectivity index is 1.86. The lowest BCUT2D eigenvalue weighted by Gasteiger charge is -2.09. The number of nitrogens with one attached hydrogen (secondary N) is 2. The average molecular weight is 416 g/mol. The van der Waals surface area contributed by atoms with Crippen molar-refractivity contribution in [2.45, 2.75) is 32.6 Å². The number of unbranched alkanes of at least 4 members (excludes halogenated alkanes) is 3. The molecule has 0 saturated carbocycles. The zero-order valence-electron chi connectivity index (χ0n) is 16.3. The number of aromatic amines is 2. The molecule has 8 heteroatoms. The van der Waals surface area contributed by atoms with Gasteiger partial charge in [0.15, 0.2) is 4.77 Å². The molecule has 0 aliphatic carbocycles. The van der Waals surface area contributed by atoms with Gasteiger partial charge in [-0.25, -0.2) is 9.59 Å². The maximum absolute atomic E-state index is 12.5. The van der Waals surface area contributed by atoms with E-state index in [1.165, 1.54) is 0 Å². The fourth-order valence-corrected chi connectivity index (χ4v) is 2.78. The van der Waals surface area contributed by atoms with Gasteiger partial charge in [0, 0.05) is 5.57 Å². The van der Waals surface area contributed by atoms with Gasteiger partial charge in [-0.2, -0.15) is 0 Å². The molecule has 0 bridgehead atoms. The molecule has 2 rings (SSSR count). The first kappa shape index (κ1) is 22.3. The number of benzene rings is 1. The minimum atomic E-state index is -0.702. The second-order valence-electron chi connectivity index (χ2n) is 6.49. The van der Waals surface area contributed by atoms with E-state index in [1.54, 1.807) is 31.2 Å². The lowest BCUT2D eigenvalue weighted by atomic mass is 10.1. The monoisotopic (exact) mass is 416 g/mol. The molecule has 29 heavy (non-hydrogen) atoms. The third-order valence-corrected chi connectivity index (χ3v) is 4.27. The Kier molecular flexibility index (Phi) is 8.54. The molecule has 1 heterocycles. The Morgan fingerprint density at radius 1 is 1.00 bits per heavy atom. The van der Waals surface area contributed by atoms with Crippen molar-refractivity contribution in [2.75, 3.05) is 13.2 Å². The van der Waals surface area contributed by atoms with Crippen LogP contribution in [-0.2, 0) is 14.3 Å². The molecule has 154 valence electrons. The largest absolute Gasteiger partial charge is 0.462 e. The summed E-state index contributed by atoms with van der Waals surface area (Å²) < 4.78 is 10.4. The highest BCUT2D eigenvalue weighted by molar-refractivity contribution is 7.71. The van der Waals surface area contributed by atoms with Gasteiger partial charge in [-0.05, 0) is 50.4 Å². The molecule has 0 aliphatic rings. The number of rotatable bonds is 10. The van der Waals surface area contributed by atoms with E-state index in [0.29, 0.717) is 29.9 Å². The molecular formula is C21H24N2O5S. The summed E-state index contributed by atoms with van der Waals surface area (Å²) in [6.45, 7) is 5.65. The molecule has 0 saturated heterocycles. The van der Waals surface area contributed by atoms with E-state index in [0.717, 1.165) is 19.3 Å².